The van der Waals surface area contributed by atoms with E-state index in [4.69, 9.17) is 4.42 Å². The monoisotopic (exact) mass is 203 g/mol. The molecule has 0 aromatic carbocycles. The maximum Gasteiger partial charge on any atom is 0.182 e. The van der Waals surface area contributed by atoms with E-state index in [0.717, 1.165) is 10.4 Å². The topological polar surface area (TPSA) is 26.0 Å². The summed E-state index contributed by atoms with van der Waals surface area (Å²) in [6, 6.07) is 0. The molecule has 1 rings (SSSR count). The lowest BCUT2D eigenvalue weighted by atomic mass is 9.94. The van der Waals surface area contributed by atoms with Crippen molar-refractivity contribution in [3.05, 3.63) is 16.8 Å². The van der Waals surface area contributed by atoms with Gasteiger partial charge in [-0.25, -0.2) is 4.98 Å². The van der Waals surface area contributed by atoms with E-state index in [1.807, 2.05) is 0 Å². The number of rotatable bonds is 0. The number of hydrogen-bond donors (Lipinski definition) is 0. The van der Waals surface area contributed by atoms with Crippen molar-refractivity contribution >= 4 is 15.9 Å². The van der Waals surface area contributed by atoms with Gasteiger partial charge < -0.3 is 4.42 Å². The smallest absolute Gasteiger partial charge is 0.182 e. The molecule has 1 aromatic rings. The Hall–Kier alpha value is -0.310. The minimum absolute atomic E-state index is 0.0370. The van der Waals surface area contributed by atoms with Gasteiger partial charge in [-0.15, -0.1) is 0 Å². The zero-order valence-corrected chi connectivity index (χ0v) is 7.90. The Kier molecular flexibility index (Phi) is 1.86. The normalized spacial score (nSPS) is 12.0. The van der Waals surface area contributed by atoms with E-state index in [0.29, 0.717) is 0 Å². The molecule has 0 saturated carbocycles. The van der Waals surface area contributed by atoms with Crippen LogP contribution in [0.15, 0.2) is 15.4 Å². The molecule has 1 heterocycles. The summed E-state index contributed by atoms with van der Waals surface area (Å²) in [5, 5.41) is 0. The van der Waals surface area contributed by atoms with Crippen molar-refractivity contribution in [2.24, 2.45) is 0 Å². The van der Waals surface area contributed by atoms with Gasteiger partial charge >= 0.3 is 0 Å². The summed E-state index contributed by atoms with van der Waals surface area (Å²) < 4.78 is 5.98. The average molecular weight is 204 g/mol. The van der Waals surface area contributed by atoms with E-state index in [2.05, 4.69) is 41.7 Å². The van der Waals surface area contributed by atoms with Crippen molar-refractivity contribution in [2.75, 3.05) is 0 Å². The van der Waals surface area contributed by atoms with Gasteiger partial charge in [-0.2, -0.15) is 0 Å². The summed E-state index contributed by atoms with van der Waals surface area (Å²) in [6.07, 6.45) is 1.45. The van der Waals surface area contributed by atoms with Gasteiger partial charge in [-0.3, -0.25) is 0 Å². The maximum absolute atomic E-state index is 5.17. The molecule has 0 radical (unpaired) electrons. The first-order chi connectivity index (χ1) is 4.52. The summed E-state index contributed by atoms with van der Waals surface area (Å²) in [5.41, 5.74) is 0.0370. The van der Waals surface area contributed by atoms with Crippen molar-refractivity contribution in [1.29, 1.82) is 0 Å². The fraction of sp³-hybridized carbons (Fsp3) is 0.571. The molecule has 1 aromatic heterocycles. The average Bonchev–Trinajstić information content (AvgIpc) is 2.11. The predicted octanol–water partition coefficient (Wildman–Crippen LogP) is 2.73. The molecule has 2 nitrogen and oxygen atoms in total. The lowest BCUT2D eigenvalue weighted by Gasteiger charge is -2.13. The molecule has 10 heavy (non-hydrogen) atoms. The molecule has 0 amide bonds. The summed E-state index contributed by atoms with van der Waals surface area (Å²) >= 11 is 3.30. The summed E-state index contributed by atoms with van der Waals surface area (Å²) in [7, 11) is 0. The minimum Gasteiger partial charge on any atom is -0.447 e. The Morgan fingerprint density at radius 1 is 1.50 bits per heavy atom. The lowest BCUT2D eigenvalue weighted by molar-refractivity contribution is 0.405. The van der Waals surface area contributed by atoms with Crippen molar-refractivity contribution in [2.45, 2.75) is 26.2 Å². The quantitative estimate of drug-likeness (QED) is 0.649. The van der Waals surface area contributed by atoms with Gasteiger partial charge in [0.2, 0.25) is 0 Å². The van der Waals surface area contributed by atoms with Crippen LogP contribution in [0.4, 0.5) is 0 Å². The van der Waals surface area contributed by atoms with Gasteiger partial charge in [0, 0.05) is 5.41 Å². The Bertz CT molecular complexity index is 224. The van der Waals surface area contributed by atoms with Crippen LogP contribution in [0.2, 0.25) is 0 Å². The van der Waals surface area contributed by atoms with Gasteiger partial charge in [0.25, 0.3) is 0 Å². The fourth-order valence-electron chi connectivity index (χ4n) is 0.719. The van der Waals surface area contributed by atoms with Crippen LogP contribution in [-0.2, 0) is 5.41 Å². The van der Waals surface area contributed by atoms with E-state index in [-0.39, 0.29) is 5.41 Å². The number of nitrogens with zero attached hydrogens (tertiary/aromatic N) is 1. The van der Waals surface area contributed by atoms with Crippen LogP contribution in [0, 0.1) is 0 Å². The van der Waals surface area contributed by atoms with Crippen LogP contribution in [0.5, 0.6) is 0 Å². The second kappa shape index (κ2) is 2.38. The van der Waals surface area contributed by atoms with E-state index < -0.39 is 0 Å². The van der Waals surface area contributed by atoms with E-state index in [9.17, 15) is 0 Å². The third kappa shape index (κ3) is 1.40. The Morgan fingerprint density at radius 2 is 2.10 bits per heavy atom. The predicted molar refractivity (Wildman–Crippen MR) is 42.9 cm³/mol. The molecular weight excluding hydrogens is 194 g/mol. The van der Waals surface area contributed by atoms with E-state index >= 15 is 0 Å². The third-order valence-electron chi connectivity index (χ3n) is 1.21. The van der Waals surface area contributed by atoms with Gasteiger partial charge in [0.05, 0.1) is 0 Å². The largest absolute Gasteiger partial charge is 0.447 e. The zero-order chi connectivity index (χ0) is 7.78. The first kappa shape index (κ1) is 7.79. The SMILES string of the molecule is CC(C)(C)c1ocnc1Br. The molecule has 0 spiro atoms. The first-order valence-corrected chi connectivity index (χ1v) is 3.90. The highest BCUT2D eigenvalue weighted by molar-refractivity contribution is 9.10. The van der Waals surface area contributed by atoms with Gasteiger partial charge in [0.1, 0.15) is 10.4 Å². The fourth-order valence-corrected chi connectivity index (χ4v) is 1.49. The Labute approximate surface area is 68.8 Å². The molecule has 0 N–H and O–H groups in total. The standard InChI is InChI=1S/C7H10BrNO/c1-7(2,3)5-6(8)9-4-10-5/h4H,1-3H3. The number of halogens is 1. The molecule has 0 atom stereocenters. The second-order valence-corrected chi connectivity index (χ2v) is 3.97. The van der Waals surface area contributed by atoms with Crippen molar-refractivity contribution in [3.8, 4) is 0 Å². The Morgan fingerprint density at radius 3 is 2.30 bits per heavy atom. The van der Waals surface area contributed by atoms with E-state index in [1.165, 1.54) is 6.39 Å². The number of aromatic nitrogens is 1. The first-order valence-electron chi connectivity index (χ1n) is 3.11. The number of hydrogen-bond acceptors (Lipinski definition) is 2. The van der Waals surface area contributed by atoms with Crippen molar-refractivity contribution in [3.63, 3.8) is 0 Å². The third-order valence-corrected chi connectivity index (χ3v) is 1.77. The molecule has 3 heteroatoms. The molecular formula is C7H10BrNO. The van der Waals surface area contributed by atoms with Crippen LogP contribution in [0.3, 0.4) is 0 Å². The summed E-state index contributed by atoms with van der Waals surface area (Å²) in [6.45, 7) is 6.24. The summed E-state index contributed by atoms with van der Waals surface area (Å²) in [5.74, 6) is 0.896. The second-order valence-electron chi connectivity index (χ2n) is 3.22. The molecule has 56 valence electrons. The van der Waals surface area contributed by atoms with Crippen LogP contribution in [0.1, 0.15) is 26.5 Å². The van der Waals surface area contributed by atoms with Gasteiger partial charge in [0.15, 0.2) is 6.39 Å². The van der Waals surface area contributed by atoms with E-state index in [1.54, 1.807) is 0 Å². The Balaban J connectivity index is 3.05. The molecule has 0 fully saturated rings. The zero-order valence-electron chi connectivity index (χ0n) is 6.31. The van der Waals surface area contributed by atoms with Gasteiger partial charge in [-0.05, 0) is 15.9 Å². The highest BCUT2D eigenvalue weighted by Gasteiger charge is 2.21. The highest BCUT2D eigenvalue weighted by atomic mass is 79.9. The minimum atomic E-state index is 0.0370. The van der Waals surface area contributed by atoms with Crippen LogP contribution in [0.25, 0.3) is 0 Å². The van der Waals surface area contributed by atoms with Crippen molar-refractivity contribution < 1.29 is 4.42 Å². The van der Waals surface area contributed by atoms with Crippen LogP contribution >= 0.6 is 15.9 Å². The van der Waals surface area contributed by atoms with Crippen molar-refractivity contribution in [1.82, 2.24) is 4.98 Å². The van der Waals surface area contributed by atoms with Gasteiger partial charge in [-0.1, -0.05) is 20.8 Å². The van der Waals surface area contributed by atoms with Crippen LogP contribution < -0.4 is 0 Å². The molecule has 0 aliphatic carbocycles. The molecule has 0 aliphatic rings. The lowest BCUT2D eigenvalue weighted by Crippen LogP contribution is -2.10. The molecule has 0 unspecified atom stereocenters. The highest BCUT2D eigenvalue weighted by Crippen LogP contribution is 2.27. The van der Waals surface area contributed by atoms with Crippen LogP contribution in [-0.4, -0.2) is 4.98 Å². The molecule has 0 saturated heterocycles. The number of oxazole rings is 1. The molecule has 0 aliphatic heterocycles. The maximum atomic E-state index is 5.17. The molecule has 0 bridgehead atoms. The summed E-state index contributed by atoms with van der Waals surface area (Å²) in [4.78, 5) is 3.93.